The zero-order valence-electron chi connectivity index (χ0n) is 10.9. The van der Waals surface area contributed by atoms with E-state index in [1.54, 1.807) is 12.1 Å². The van der Waals surface area contributed by atoms with Crippen LogP contribution in [0.2, 0.25) is 0 Å². The van der Waals surface area contributed by atoms with Crippen molar-refractivity contribution < 1.29 is 9.13 Å². The van der Waals surface area contributed by atoms with E-state index >= 15 is 0 Å². The lowest BCUT2D eigenvalue weighted by Crippen LogP contribution is -2.13. The van der Waals surface area contributed by atoms with E-state index in [-0.39, 0.29) is 11.6 Å². The minimum absolute atomic E-state index is 0.234. The third kappa shape index (κ3) is 3.48. The summed E-state index contributed by atoms with van der Waals surface area (Å²) >= 11 is 1.47. The summed E-state index contributed by atoms with van der Waals surface area (Å²) < 4.78 is 18.5. The Balaban J connectivity index is 2.11. The fourth-order valence-electron chi connectivity index (χ4n) is 1.61. The van der Waals surface area contributed by atoms with Gasteiger partial charge in [0.15, 0.2) is 11.6 Å². The number of benzene rings is 1. The predicted octanol–water partition coefficient (Wildman–Crippen LogP) is 2.85. The highest BCUT2D eigenvalue weighted by Gasteiger charge is 2.09. The quantitative estimate of drug-likeness (QED) is 0.827. The molecule has 0 radical (unpaired) electrons. The molecule has 19 heavy (non-hydrogen) atoms. The van der Waals surface area contributed by atoms with Crippen LogP contribution in [0.1, 0.15) is 18.4 Å². The Morgan fingerprint density at radius 3 is 2.89 bits per heavy atom. The van der Waals surface area contributed by atoms with Crippen LogP contribution in [0.15, 0.2) is 18.2 Å². The normalized spacial score (nSPS) is 10.7. The third-order valence-corrected chi connectivity index (χ3v) is 3.54. The summed E-state index contributed by atoms with van der Waals surface area (Å²) in [6.45, 7) is 3.76. The smallest absolute Gasteiger partial charge is 0.165 e. The van der Waals surface area contributed by atoms with E-state index in [1.807, 2.05) is 0 Å². The molecule has 102 valence electrons. The van der Waals surface area contributed by atoms with Crippen molar-refractivity contribution in [3.8, 4) is 16.3 Å². The largest absolute Gasteiger partial charge is 0.494 e. The van der Waals surface area contributed by atoms with Crippen LogP contribution in [-0.2, 0) is 6.54 Å². The number of rotatable bonds is 6. The maximum atomic E-state index is 13.6. The molecule has 0 aliphatic rings. The lowest BCUT2D eigenvalue weighted by molar-refractivity contribution is 0.386. The van der Waals surface area contributed by atoms with Gasteiger partial charge in [0.05, 0.1) is 7.11 Å². The van der Waals surface area contributed by atoms with Crippen molar-refractivity contribution in [1.29, 1.82) is 0 Å². The first-order chi connectivity index (χ1) is 9.24. The number of aromatic nitrogens is 2. The Kier molecular flexibility index (Phi) is 4.81. The van der Waals surface area contributed by atoms with Crippen molar-refractivity contribution in [3.05, 3.63) is 29.0 Å². The molecule has 0 aliphatic carbocycles. The lowest BCUT2D eigenvalue weighted by Gasteiger charge is -2.02. The molecule has 1 aromatic carbocycles. The van der Waals surface area contributed by atoms with Gasteiger partial charge in [0.1, 0.15) is 10.0 Å². The minimum atomic E-state index is -0.388. The molecular formula is C13H16FN3OS. The van der Waals surface area contributed by atoms with Crippen LogP contribution in [-0.4, -0.2) is 23.9 Å². The van der Waals surface area contributed by atoms with Crippen LogP contribution in [0.3, 0.4) is 0 Å². The number of hydrogen-bond acceptors (Lipinski definition) is 5. The molecule has 1 N–H and O–H groups in total. The molecule has 1 heterocycles. The monoisotopic (exact) mass is 281 g/mol. The fraction of sp³-hybridized carbons (Fsp3) is 0.385. The Morgan fingerprint density at radius 1 is 1.37 bits per heavy atom. The first kappa shape index (κ1) is 13.9. The average Bonchev–Trinajstić information content (AvgIpc) is 2.88. The van der Waals surface area contributed by atoms with Crippen LogP contribution in [0, 0.1) is 5.82 Å². The van der Waals surface area contributed by atoms with Crippen molar-refractivity contribution in [2.75, 3.05) is 13.7 Å². The van der Waals surface area contributed by atoms with E-state index in [0.717, 1.165) is 28.5 Å². The summed E-state index contributed by atoms with van der Waals surface area (Å²) in [5.41, 5.74) is 0.720. The van der Waals surface area contributed by atoms with E-state index in [2.05, 4.69) is 22.4 Å². The zero-order chi connectivity index (χ0) is 13.7. The molecule has 2 rings (SSSR count). The predicted molar refractivity (Wildman–Crippen MR) is 73.9 cm³/mol. The first-order valence-corrected chi connectivity index (χ1v) is 6.93. The topological polar surface area (TPSA) is 47.0 Å². The molecule has 4 nitrogen and oxygen atoms in total. The maximum Gasteiger partial charge on any atom is 0.165 e. The summed E-state index contributed by atoms with van der Waals surface area (Å²) in [4.78, 5) is 0. The highest BCUT2D eigenvalue weighted by molar-refractivity contribution is 7.14. The van der Waals surface area contributed by atoms with Crippen molar-refractivity contribution in [1.82, 2.24) is 15.5 Å². The Morgan fingerprint density at radius 2 is 2.21 bits per heavy atom. The number of halogens is 1. The zero-order valence-corrected chi connectivity index (χ0v) is 11.8. The lowest BCUT2D eigenvalue weighted by atomic mass is 10.2. The van der Waals surface area contributed by atoms with Gasteiger partial charge in [0.25, 0.3) is 0 Å². The van der Waals surface area contributed by atoms with E-state index in [4.69, 9.17) is 4.74 Å². The van der Waals surface area contributed by atoms with Crippen LogP contribution in [0.4, 0.5) is 4.39 Å². The van der Waals surface area contributed by atoms with Crippen molar-refractivity contribution in [2.24, 2.45) is 0 Å². The molecule has 0 atom stereocenters. The average molecular weight is 281 g/mol. The van der Waals surface area contributed by atoms with Gasteiger partial charge in [-0.1, -0.05) is 18.3 Å². The second kappa shape index (κ2) is 6.58. The second-order valence-electron chi connectivity index (χ2n) is 4.03. The summed E-state index contributed by atoms with van der Waals surface area (Å²) in [5, 5.41) is 13.1. The van der Waals surface area contributed by atoms with Gasteiger partial charge in [-0.15, -0.1) is 10.2 Å². The van der Waals surface area contributed by atoms with Gasteiger partial charge in [0, 0.05) is 12.1 Å². The first-order valence-electron chi connectivity index (χ1n) is 6.11. The van der Waals surface area contributed by atoms with Crippen molar-refractivity contribution in [2.45, 2.75) is 19.9 Å². The highest BCUT2D eigenvalue weighted by Crippen LogP contribution is 2.27. The second-order valence-corrected chi connectivity index (χ2v) is 5.09. The number of nitrogens with zero attached hydrogens (tertiary/aromatic N) is 2. The summed E-state index contributed by atoms with van der Waals surface area (Å²) in [6.07, 6.45) is 1.08. The van der Waals surface area contributed by atoms with Gasteiger partial charge >= 0.3 is 0 Å². The van der Waals surface area contributed by atoms with E-state index in [0.29, 0.717) is 6.54 Å². The molecule has 0 saturated carbocycles. The Bertz CT molecular complexity index is 544. The van der Waals surface area contributed by atoms with Crippen molar-refractivity contribution in [3.63, 3.8) is 0 Å². The Labute approximate surface area is 115 Å². The molecule has 0 aliphatic heterocycles. The minimum Gasteiger partial charge on any atom is -0.494 e. The summed E-state index contributed by atoms with van der Waals surface area (Å²) in [5.74, 6) is -0.154. The fourth-order valence-corrected chi connectivity index (χ4v) is 2.42. The maximum absolute atomic E-state index is 13.6. The molecule has 1 aromatic heterocycles. The third-order valence-electron chi connectivity index (χ3n) is 2.57. The molecule has 0 bridgehead atoms. The standard InChI is InChI=1S/C13H16FN3OS/c1-3-6-15-8-12-16-17-13(19-12)9-4-5-11(18-2)10(14)7-9/h4-5,7,15H,3,6,8H2,1-2H3. The molecule has 0 fully saturated rings. The number of nitrogens with one attached hydrogen (secondary N) is 1. The molecule has 2 aromatic rings. The van der Waals surface area contributed by atoms with E-state index in [1.165, 1.54) is 24.5 Å². The highest BCUT2D eigenvalue weighted by atomic mass is 32.1. The molecule has 0 unspecified atom stereocenters. The van der Waals surface area contributed by atoms with Gasteiger partial charge in [-0.25, -0.2) is 4.39 Å². The van der Waals surface area contributed by atoms with Crippen LogP contribution < -0.4 is 10.1 Å². The molecule has 0 spiro atoms. The van der Waals surface area contributed by atoms with E-state index in [9.17, 15) is 4.39 Å². The number of ether oxygens (including phenoxy) is 1. The van der Waals surface area contributed by atoms with Crippen LogP contribution >= 0.6 is 11.3 Å². The molecule has 0 amide bonds. The molecular weight excluding hydrogens is 265 g/mol. The van der Waals surface area contributed by atoms with Gasteiger partial charge in [-0.05, 0) is 31.2 Å². The van der Waals surface area contributed by atoms with Gasteiger partial charge in [0.2, 0.25) is 0 Å². The van der Waals surface area contributed by atoms with Crippen LogP contribution in [0.25, 0.3) is 10.6 Å². The summed E-state index contributed by atoms with van der Waals surface area (Å²) in [7, 11) is 1.44. The van der Waals surface area contributed by atoms with E-state index < -0.39 is 0 Å². The SMILES string of the molecule is CCCNCc1nnc(-c2ccc(OC)c(F)c2)s1. The van der Waals surface area contributed by atoms with Gasteiger partial charge in [-0.3, -0.25) is 0 Å². The molecule has 0 saturated heterocycles. The number of methoxy groups -OCH3 is 1. The van der Waals surface area contributed by atoms with Crippen LogP contribution in [0.5, 0.6) is 5.75 Å². The van der Waals surface area contributed by atoms with Gasteiger partial charge in [-0.2, -0.15) is 0 Å². The summed E-state index contributed by atoms with van der Waals surface area (Å²) in [6, 6.07) is 4.80. The van der Waals surface area contributed by atoms with Gasteiger partial charge < -0.3 is 10.1 Å². The molecule has 6 heteroatoms. The number of hydrogen-bond donors (Lipinski definition) is 1. The Hall–Kier alpha value is -1.53. The van der Waals surface area contributed by atoms with Crippen molar-refractivity contribution >= 4 is 11.3 Å².